The molecule has 0 saturated carbocycles. The predicted molar refractivity (Wildman–Crippen MR) is 109 cm³/mol. The van der Waals surface area contributed by atoms with Crippen LogP contribution in [0.25, 0.3) is 6.08 Å². The summed E-state index contributed by atoms with van der Waals surface area (Å²) in [5, 5.41) is 10.3. The first-order valence-corrected chi connectivity index (χ1v) is 9.36. The Labute approximate surface area is 162 Å². The SMILES string of the molecule is COC(=O)c1cc(O)c2c(c1)C=C[C@@](C)(CC/C=C(\C)CCC=C(C)C)O2. The van der Waals surface area contributed by atoms with E-state index in [1.807, 2.05) is 19.1 Å². The molecule has 0 saturated heterocycles. The van der Waals surface area contributed by atoms with E-state index >= 15 is 0 Å². The number of carbonyl (C=O) groups is 1. The van der Waals surface area contributed by atoms with Crippen molar-refractivity contribution in [2.24, 2.45) is 0 Å². The molecule has 0 amide bonds. The Morgan fingerprint density at radius 1 is 1.22 bits per heavy atom. The van der Waals surface area contributed by atoms with Gasteiger partial charge in [-0.15, -0.1) is 0 Å². The van der Waals surface area contributed by atoms with Crippen molar-refractivity contribution < 1.29 is 19.4 Å². The van der Waals surface area contributed by atoms with E-state index < -0.39 is 11.6 Å². The van der Waals surface area contributed by atoms with Crippen LogP contribution in [-0.4, -0.2) is 23.8 Å². The molecule has 0 spiro atoms. The molecule has 2 rings (SSSR count). The van der Waals surface area contributed by atoms with E-state index in [-0.39, 0.29) is 5.75 Å². The summed E-state index contributed by atoms with van der Waals surface area (Å²) in [6.07, 6.45) is 12.3. The molecule has 0 unspecified atom stereocenters. The smallest absolute Gasteiger partial charge is 0.338 e. The lowest BCUT2D eigenvalue weighted by atomic mass is 9.93. The minimum Gasteiger partial charge on any atom is -0.504 e. The summed E-state index contributed by atoms with van der Waals surface area (Å²) in [5.74, 6) is -0.114. The lowest BCUT2D eigenvalue weighted by Crippen LogP contribution is -2.31. The average Bonchev–Trinajstić information content (AvgIpc) is 2.61. The van der Waals surface area contributed by atoms with Gasteiger partial charge in [-0.1, -0.05) is 29.4 Å². The van der Waals surface area contributed by atoms with Gasteiger partial charge in [0.15, 0.2) is 11.5 Å². The van der Waals surface area contributed by atoms with Gasteiger partial charge in [0.1, 0.15) is 5.60 Å². The quantitative estimate of drug-likeness (QED) is 0.486. The standard InChI is InChI=1S/C23H30O4/c1-16(2)8-6-9-17(3)10-7-12-23(4)13-11-18-14-19(22(25)26-5)15-20(24)21(18)27-23/h8,10-11,13-15,24H,6-7,9,12H2,1-5H3/b17-10+/t23-/m1/s1. The number of carbonyl (C=O) groups excluding carboxylic acids is 1. The van der Waals surface area contributed by atoms with E-state index in [0.717, 1.165) is 25.7 Å². The van der Waals surface area contributed by atoms with Gasteiger partial charge >= 0.3 is 5.97 Å². The maximum absolute atomic E-state index is 11.7. The summed E-state index contributed by atoms with van der Waals surface area (Å²) >= 11 is 0. The summed E-state index contributed by atoms with van der Waals surface area (Å²) in [7, 11) is 1.32. The molecule has 0 aromatic heterocycles. The Balaban J connectivity index is 2.03. The fraction of sp³-hybridized carbons (Fsp3) is 0.435. The molecule has 27 heavy (non-hydrogen) atoms. The van der Waals surface area contributed by atoms with Crippen molar-refractivity contribution in [1.82, 2.24) is 0 Å². The fourth-order valence-electron chi connectivity index (χ4n) is 3.07. The van der Waals surface area contributed by atoms with E-state index in [4.69, 9.17) is 9.47 Å². The molecule has 1 N–H and O–H groups in total. The number of benzene rings is 1. The van der Waals surface area contributed by atoms with Gasteiger partial charge in [-0.3, -0.25) is 0 Å². The molecule has 1 atom stereocenters. The van der Waals surface area contributed by atoms with Gasteiger partial charge in [-0.2, -0.15) is 0 Å². The summed E-state index contributed by atoms with van der Waals surface area (Å²) < 4.78 is 10.8. The Bertz CT molecular complexity index is 782. The molecule has 1 aliphatic heterocycles. The molecule has 1 aliphatic rings. The summed E-state index contributed by atoms with van der Waals surface area (Å²) in [6.45, 7) is 8.41. The number of esters is 1. The lowest BCUT2D eigenvalue weighted by molar-refractivity contribution is 0.0600. The first-order chi connectivity index (χ1) is 12.7. The van der Waals surface area contributed by atoms with Crippen LogP contribution in [0.3, 0.4) is 0 Å². The minimum atomic E-state index is -0.492. The molecular weight excluding hydrogens is 340 g/mol. The molecule has 4 nitrogen and oxygen atoms in total. The first kappa shape index (κ1) is 20.8. The van der Waals surface area contributed by atoms with Gasteiger partial charge in [0, 0.05) is 5.56 Å². The van der Waals surface area contributed by atoms with Crippen molar-refractivity contribution >= 4 is 12.0 Å². The van der Waals surface area contributed by atoms with E-state index in [1.165, 1.54) is 24.3 Å². The third-order valence-corrected chi connectivity index (χ3v) is 4.69. The third kappa shape index (κ3) is 5.75. The highest BCUT2D eigenvalue weighted by Gasteiger charge is 2.29. The molecule has 0 fully saturated rings. The van der Waals surface area contributed by atoms with Gasteiger partial charge in [0.2, 0.25) is 0 Å². The molecule has 1 heterocycles. The summed E-state index contributed by atoms with van der Waals surface area (Å²) in [6, 6.07) is 3.06. The van der Waals surface area contributed by atoms with Crippen LogP contribution in [0.15, 0.2) is 41.5 Å². The van der Waals surface area contributed by atoms with Crippen molar-refractivity contribution in [1.29, 1.82) is 0 Å². The maximum atomic E-state index is 11.7. The maximum Gasteiger partial charge on any atom is 0.338 e. The first-order valence-electron chi connectivity index (χ1n) is 9.36. The van der Waals surface area contributed by atoms with Crippen molar-refractivity contribution in [3.05, 3.63) is 52.6 Å². The Morgan fingerprint density at radius 2 is 1.96 bits per heavy atom. The molecule has 0 radical (unpaired) electrons. The molecular formula is C23H30O4. The normalized spacial score (nSPS) is 18.5. The second kappa shape index (κ2) is 8.94. The number of allylic oxidation sites excluding steroid dienone is 4. The molecule has 1 aromatic carbocycles. The van der Waals surface area contributed by atoms with Gasteiger partial charge in [-0.25, -0.2) is 4.79 Å². The topological polar surface area (TPSA) is 55.8 Å². The van der Waals surface area contributed by atoms with Crippen LogP contribution < -0.4 is 4.74 Å². The molecule has 4 heteroatoms. The van der Waals surface area contributed by atoms with E-state index in [9.17, 15) is 9.90 Å². The van der Waals surface area contributed by atoms with Crippen LogP contribution in [0, 0.1) is 0 Å². The van der Waals surface area contributed by atoms with Crippen LogP contribution in [0.4, 0.5) is 0 Å². The largest absolute Gasteiger partial charge is 0.504 e. The zero-order chi connectivity index (χ0) is 20.0. The van der Waals surface area contributed by atoms with Gasteiger partial charge in [0.25, 0.3) is 0 Å². The monoisotopic (exact) mass is 370 g/mol. The Kier molecular flexibility index (Phi) is 6.89. The number of aromatic hydroxyl groups is 1. The van der Waals surface area contributed by atoms with Crippen molar-refractivity contribution in [2.45, 2.75) is 59.0 Å². The van der Waals surface area contributed by atoms with Crippen LogP contribution in [0.2, 0.25) is 0 Å². The minimum absolute atomic E-state index is 0.0445. The molecule has 1 aromatic rings. The van der Waals surface area contributed by atoms with Crippen molar-refractivity contribution in [3.8, 4) is 11.5 Å². The van der Waals surface area contributed by atoms with E-state index in [1.54, 1.807) is 6.07 Å². The van der Waals surface area contributed by atoms with Crippen LogP contribution in [0.5, 0.6) is 11.5 Å². The number of ether oxygens (including phenoxy) is 2. The van der Waals surface area contributed by atoms with Crippen LogP contribution >= 0.6 is 0 Å². The van der Waals surface area contributed by atoms with Crippen LogP contribution in [-0.2, 0) is 4.74 Å². The second-order valence-electron chi connectivity index (χ2n) is 7.56. The number of methoxy groups -OCH3 is 1. The van der Waals surface area contributed by atoms with Gasteiger partial charge in [-0.05, 0) is 71.6 Å². The number of hydrogen-bond acceptors (Lipinski definition) is 4. The fourth-order valence-corrected chi connectivity index (χ4v) is 3.07. The van der Waals surface area contributed by atoms with Gasteiger partial charge in [0.05, 0.1) is 12.7 Å². The number of phenols is 1. The molecule has 0 aliphatic carbocycles. The average molecular weight is 370 g/mol. The second-order valence-corrected chi connectivity index (χ2v) is 7.56. The number of rotatable bonds is 7. The highest BCUT2D eigenvalue weighted by Crippen LogP contribution is 2.40. The zero-order valence-electron chi connectivity index (χ0n) is 17.0. The van der Waals surface area contributed by atoms with Crippen LogP contribution in [0.1, 0.15) is 69.3 Å². The van der Waals surface area contributed by atoms with Gasteiger partial charge < -0.3 is 14.6 Å². The summed E-state index contributed by atoms with van der Waals surface area (Å²) in [4.78, 5) is 11.7. The predicted octanol–water partition coefficient (Wildman–Crippen LogP) is 5.82. The van der Waals surface area contributed by atoms with Crippen molar-refractivity contribution in [3.63, 3.8) is 0 Å². The number of phenolic OH excluding ortho intramolecular Hbond substituents is 1. The van der Waals surface area contributed by atoms with Crippen molar-refractivity contribution in [2.75, 3.05) is 7.11 Å². The number of hydrogen-bond donors (Lipinski definition) is 1. The Hall–Kier alpha value is -2.49. The highest BCUT2D eigenvalue weighted by atomic mass is 16.5. The summed E-state index contributed by atoms with van der Waals surface area (Å²) in [5.41, 5.74) is 3.22. The highest BCUT2D eigenvalue weighted by molar-refractivity contribution is 5.91. The van der Waals surface area contributed by atoms with E-state index in [0.29, 0.717) is 16.9 Å². The van der Waals surface area contributed by atoms with E-state index in [2.05, 4.69) is 32.9 Å². The molecule has 146 valence electrons. The molecule has 0 bridgehead atoms. The Morgan fingerprint density at radius 3 is 2.63 bits per heavy atom. The lowest BCUT2D eigenvalue weighted by Gasteiger charge is -2.32. The number of fused-ring (bicyclic) bond motifs is 1. The zero-order valence-corrected chi connectivity index (χ0v) is 17.0. The third-order valence-electron chi connectivity index (χ3n) is 4.69.